The Bertz CT molecular complexity index is 1020. The second-order valence-corrected chi connectivity index (χ2v) is 8.77. The van der Waals surface area contributed by atoms with E-state index in [-0.39, 0.29) is 0 Å². The van der Waals surface area contributed by atoms with E-state index in [1.165, 1.54) is 15.9 Å². The summed E-state index contributed by atoms with van der Waals surface area (Å²) in [6.07, 6.45) is 0. The van der Waals surface area contributed by atoms with Gasteiger partial charge in [0.2, 0.25) is 0 Å². The molecule has 0 radical (unpaired) electrons. The fourth-order valence-corrected chi connectivity index (χ4v) is 5.97. The summed E-state index contributed by atoms with van der Waals surface area (Å²) in [5.41, 5.74) is 1.08. The number of hydrogen-bond donors (Lipinski definition) is 0. The molecule has 0 saturated heterocycles. The maximum absolute atomic E-state index is 6.14. The van der Waals surface area contributed by atoms with Crippen LogP contribution in [-0.2, 0) is 0 Å². The lowest BCUT2D eigenvalue weighted by Crippen LogP contribution is -2.47. The van der Waals surface area contributed by atoms with Crippen LogP contribution < -0.4 is 30.7 Å². The number of rotatable bonds is 4. The van der Waals surface area contributed by atoms with Crippen molar-refractivity contribution in [3.63, 3.8) is 0 Å². The van der Waals surface area contributed by atoms with Gasteiger partial charge < -0.3 is 9.31 Å². The van der Waals surface area contributed by atoms with Crippen LogP contribution in [0.25, 0.3) is 0 Å². The van der Waals surface area contributed by atoms with Crippen molar-refractivity contribution in [3.8, 4) is 11.5 Å². The Morgan fingerprint density at radius 2 is 0.964 bits per heavy atom. The van der Waals surface area contributed by atoms with Crippen molar-refractivity contribution in [2.24, 2.45) is 0 Å². The molecule has 1 aliphatic heterocycles. The van der Waals surface area contributed by atoms with E-state index in [9.17, 15) is 0 Å². The standard InChI is InChI=1S/C24H18BO2P/c1-3-11-19(12-4-1)28(20-13-5-2-6-14-20)24-18-10-7-15-21(24)25-26-22-16-8-9-17-23(22)27-25/h1-18H. The second-order valence-electron chi connectivity index (χ2n) is 6.58. The Morgan fingerprint density at radius 1 is 0.500 bits per heavy atom. The minimum atomic E-state index is -0.719. The summed E-state index contributed by atoms with van der Waals surface area (Å²) in [4.78, 5) is 0. The van der Waals surface area contributed by atoms with Crippen LogP contribution in [0.15, 0.2) is 109 Å². The van der Waals surface area contributed by atoms with Crippen molar-refractivity contribution < 1.29 is 9.31 Å². The lowest BCUT2D eigenvalue weighted by atomic mass is 9.79. The first-order valence-electron chi connectivity index (χ1n) is 9.32. The predicted octanol–water partition coefficient (Wildman–Crippen LogP) is 3.61. The van der Waals surface area contributed by atoms with E-state index in [0.717, 1.165) is 17.0 Å². The molecule has 4 aromatic rings. The highest BCUT2D eigenvalue weighted by molar-refractivity contribution is 7.80. The van der Waals surface area contributed by atoms with Crippen molar-refractivity contribution in [2.75, 3.05) is 0 Å². The van der Waals surface area contributed by atoms with Gasteiger partial charge in [0.25, 0.3) is 0 Å². The molecular weight excluding hydrogens is 362 g/mol. The molecule has 28 heavy (non-hydrogen) atoms. The van der Waals surface area contributed by atoms with Crippen molar-refractivity contribution in [2.45, 2.75) is 0 Å². The van der Waals surface area contributed by atoms with Crippen LogP contribution in [-0.4, -0.2) is 7.12 Å². The van der Waals surface area contributed by atoms with E-state index >= 15 is 0 Å². The molecule has 0 bridgehead atoms. The van der Waals surface area contributed by atoms with Gasteiger partial charge in [0.1, 0.15) is 11.5 Å². The zero-order valence-electron chi connectivity index (χ0n) is 15.2. The SMILES string of the molecule is c1ccc(P(c2ccccc2)c2ccccc2B2Oc3ccccc3O2)cc1. The van der Waals surface area contributed by atoms with Gasteiger partial charge in [0, 0.05) is 5.46 Å². The van der Waals surface area contributed by atoms with E-state index in [4.69, 9.17) is 9.31 Å². The van der Waals surface area contributed by atoms with E-state index in [1.807, 2.05) is 24.3 Å². The van der Waals surface area contributed by atoms with Crippen LogP contribution in [0.5, 0.6) is 11.5 Å². The third-order valence-electron chi connectivity index (χ3n) is 4.78. The smallest absolute Gasteiger partial charge is 0.519 e. The highest BCUT2D eigenvalue weighted by Crippen LogP contribution is 2.35. The van der Waals surface area contributed by atoms with Gasteiger partial charge in [-0.25, -0.2) is 0 Å². The molecule has 134 valence electrons. The average Bonchev–Trinajstić information content (AvgIpc) is 3.20. The molecule has 2 nitrogen and oxygen atoms in total. The van der Waals surface area contributed by atoms with Crippen molar-refractivity contribution in [1.29, 1.82) is 0 Å². The first-order chi connectivity index (χ1) is 13.9. The minimum Gasteiger partial charge on any atom is -0.519 e. The largest absolute Gasteiger partial charge is 0.633 e. The molecular formula is C24H18BO2P. The Labute approximate surface area is 166 Å². The molecule has 0 atom stereocenters. The summed E-state index contributed by atoms with van der Waals surface area (Å²) in [6, 6.07) is 37.7. The van der Waals surface area contributed by atoms with Gasteiger partial charge in [-0.05, 0) is 36.0 Å². The lowest BCUT2D eigenvalue weighted by molar-refractivity contribution is 0.519. The molecule has 0 unspecified atom stereocenters. The Kier molecular flexibility index (Phi) is 4.60. The van der Waals surface area contributed by atoms with E-state index < -0.39 is 15.0 Å². The topological polar surface area (TPSA) is 18.5 Å². The number of hydrogen-bond acceptors (Lipinski definition) is 2. The van der Waals surface area contributed by atoms with Crippen LogP contribution in [0, 0.1) is 0 Å². The summed E-state index contributed by atoms with van der Waals surface area (Å²) in [5.74, 6) is 1.59. The summed E-state index contributed by atoms with van der Waals surface area (Å²) >= 11 is 0. The van der Waals surface area contributed by atoms with Gasteiger partial charge in [-0.3, -0.25) is 0 Å². The monoisotopic (exact) mass is 380 g/mol. The van der Waals surface area contributed by atoms with Crippen LogP contribution in [0.1, 0.15) is 0 Å². The fraction of sp³-hybridized carbons (Fsp3) is 0. The van der Waals surface area contributed by atoms with Gasteiger partial charge in [0.15, 0.2) is 0 Å². The van der Waals surface area contributed by atoms with Gasteiger partial charge >= 0.3 is 7.12 Å². The zero-order valence-corrected chi connectivity index (χ0v) is 16.1. The van der Waals surface area contributed by atoms with E-state index in [0.29, 0.717) is 0 Å². The molecule has 1 heterocycles. The number of fused-ring (bicyclic) bond motifs is 1. The predicted molar refractivity (Wildman–Crippen MR) is 118 cm³/mol. The number of benzene rings is 4. The maximum atomic E-state index is 6.14. The zero-order chi connectivity index (χ0) is 18.8. The Morgan fingerprint density at radius 3 is 1.54 bits per heavy atom. The first kappa shape index (κ1) is 17.1. The third kappa shape index (κ3) is 3.19. The molecule has 4 aromatic carbocycles. The summed E-state index contributed by atoms with van der Waals surface area (Å²) < 4.78 is 12.3. The summed E-state index contributed by atoms with van der Waals surface area (Å²) in [7, 11) is -1.14. The first-order valence-corrected chi connectivity index (χ1v) is 10.7. The molecule has 5 rings (SSSR count). The highest BCUT2D eigenvalue weighted by Gasteiger charge is 2.37. The fourth-order valence-electron chi connectivity index (χ4n) is 3.50. The molecule has 0 saturated carbocycles. The van der Waals surface area contributed by atoms with E-state index in [1.54, 1.807) is 0 Å². The van der Waals surface area contributed by atoms with Crippen molar-refractivity contribution in [3.05, 3.63) is 109 Å². The Balaban J connectivity index is 1.62. The highest BCUT2D eigenvalue weighted by atomic mass is 31.1. The quantitative estimate of drug-likeness (QED) is 0.398. The second kappa shape index (κ2) is 7.54. The van der Waals surface area contributed by atoms with E-state index in [2.05, 4.69) is 84.9 Å². The molecule has 0 amide bonds. The molecule has 0 aliphatic carbocycles. The van der Waals surface area contributed by atoms with Gasteiger partial charge in [-0.2, -0.15) is 0 Å². The molecule has 0 N–H and O–H groups in total. The lowest BCUT2D eigenvalue weighted by Gasteiger charge is -2.22. The summed E-state index contributed by atoms with van der Waals surface area (Å²) in [5, 5.41) is 3.88. The van der Waals surface area contributed by atoms with Gasteiger partial charge in [-0.15, -0.1) is 0 Å². The van der Waals surface area contributed by atoms with Crippen LogP contribution >= 0.6 is 7.92 Å². The van der Waals surface area contributed by atoms with Crippen LogP contribution in [0.2, 0.25) is 0 Å². The van der Waals surface area contributed by atoms with Gasteiger partial charge in [0.05, 0.1) is 0 Å². The van der Waals surface area contributed by atoms with Crippen LogP contribution in [0.3, 0.4) is 0 Å². The molecule has 4 heteroatoms. The molecule has 0 aromatic heterocycles. The van der Waals surface area contributed by atoms with Crippen molar-refractivity contribution in [1.82, 2.24) is 0 Å². The third-order valence-corrected chi connectivity index (χ3v) is 7.30. The number of para-hydroxylation sites is 2. The van der Waals surface area contributed by atoms with Crippen molar-refractivity contribution >= 4 is 36.4 Å². The molecule has 1 aliphatic rings. The minimum absolute atomic E-state index is 0.425. The average molecular weight is 380 g/mol. The normalized spacial score (nSPS) is 12.4. The maximum Gasteiger partial charge on any atom is 0.633 e. The van der Waals surface area contributed by atoms with Crippen LogP contribution in [0.4, 0.5) is 0 Å². The molecule has 0 spiro atoms. The molecule has 0 fully saturated rings. The Hall–Kier alpha value is -3.03. The summed E-state index contributed by atoms with van der Waals surface area (Å²) in [6.45, 7) is 0. The van der Waals surface area contributed by atoms with Gasteiger partial charge in [-0.1, -0.05) is 97.1 Å².